The highest BCUT2D eigenvalue weighted by Gasteiger charge is 2.22. The van der Waals surface area contributed by atoms with E-state index in [1.54, 1.807) is 13.0 Å². The first-order valence-electron chi connectivity index (χ1n) is 5.38. The Balaban J connectivity index is 2.28. The van der Waals surface area contributed by atoms with E-state index >= 15 is 0 Å². The minimum Gasteiger partial charge on any atom is -0.485 e. The fraction of sp³-hybridized carbons (Fsp3) is 0.500. The number of aryl methyl sites for hydroxylation is 1. The van der Waals surface area contributed by atoms with E-state index in [2.05, 4.69) is 0 Å². The fourth-order valence-corrected chi connectivity index (χ4v) is 1.59. The van der Waals surface area contributed by atoms with Crippen LogP contribution in [0.2, 0.25) is 0 Å². The molecule has 0 bridgehead atoms. The predicted octanol–water partition coefficient (Wildman–Crippen LogP) is 1.93. The Hall–Kier alpha value is -1.13. The van der Waals surface area contributed by atoms with Crippen LogP contribution in [0, 0.1) is 12.7 Å². The van der Waals surface area contributed by atoms with E-state index < -0.39 is 0 Å². The molecule has 0 aromatic heterocycles. The van der Waals surface area contributed by atoms with E-state index in [1.807, 2.05) is 6.92 Å². The number of halogens is 1. The van der Waals surface area contributed by atoms with Gasteiger partial charge in [0, 0.05) is 11.6 Å². The smallest absolute Gasteiger partial charge is 0.145 e. The SMILES string of the molecule is Cc1cc(OC2COC2)c(C(C)N)cc1F. The molecule has 0 aliphatic carbocycles. The van der Waals surface area contributed by atoms with Crippen molar-refractivity contribution in [1.82, 2.24) is 0 Å². The van der Waals surface area contributed by atoms with E-state index in [1.165, 1.54) is 6.07 Å². The van der Waals surface area contributed by atoms with Gasteiger partial charge >= 0.3 is 0 Å². The van der Waals surface area contributed by atoms with Crippen LogP contribution >= 0.6 is 0 Å². The topological polar surface area (TPSA) is 44.5 Å². The van der Waals surface area contributed by atoms with E-state index in [9.17, 15) is 4.39 Å². The lowest BCUT2D eigenvalue weighted by atomic mass is 10.0. The van der Waals surface area contributed by atoms with Gasteiger partial charge in [-0.1, -0.05) is 0 Å². The summed E-state index contributed by atoms with van der Waals surface area (Å²) in [5.74, 6) is 0.423. The van der Waals surface area contributed by atoms with Gasteiger partial charge in [-0.2, -0.15) is 0 Å². The largest absolute Gasteiger partial charge is 0.485 e. The second kappa shape index (κ2) is 4.39. The van der Waals surface area contributed by atoms with Gasteiger partial charge < -0.3 is 15.2 Å². The van der Waals surface area contributed by atoms with Gasteiger partial charge in [-0.3, -0.25) is 0 Å². The van der Waals surface area contributed by atoms with E-state index in [4.69, 9.17) is 15.2 Å². The van der Waals surface area contributed by atoms with Gasteiger partial charge in [-0.25, -0.2) is 4.39 Å². The molecule has 88 valence electrons. The predicted molar refractivity (Wildman–Crippen MR) is 59.0 cm³/mol. The van der Waals surface area contributed by atoms with E-state index in [0.717, 1.165) is 0 Å². The molecule has 16 heavy (non-hydrogen) atoms. The highest BCUT2D eigenvalue weighted by Crippen LogP contribution is 2.28. The fourth-order valence-electron chi connectivity index (χ4n) is 1.59. The zero-order valence-corrected chi connectivity index (χ0v) is 9.50. The number of nitrogens with two attached hydrogens (primary N) is 1. The van der Waals surface area contributed by atoms with Crippen molar-refractivity contribution in [2.24, 2.45) is 5.73 Å². The Labute approximate surface area is 94.3 Å². The second-order valence-electron chi connectivity index (χ2n) is 4.21. The van der Waals surface area contributed by atoms with Crippen LogP contribution in [0.3, 0.4) is 0 Å². The molecule has 1 heterocycles. The Kier molecular flexibility index (Phi) is 3.12. The molecule has 0 radical (unpaired) electrons. The molecular weight excluding hydrogens is 209 g/mol. The average molecular weight is 225 g/mol. The van der Waals surface area contributed by atoms with E-state index in [0.29, 0.717) is 30.1 Å². The summed E-state index contributed by atoms with van der Waals surface area (Å²) in [4.78, 5) is 0. The zero-order chi connectivity index (χ0) is 11.7. The maximum atomic E-state index is 13.4. The van der Waals surface area contributed by atoms with Gasteiger partial charge in [-0.15, -0.1) is 0 Å². The lowest BCUT2D eigenvalue weighted by Gasteiger charge is -2.28. The molecule has 1 atom stereocenters. The molecule has 2 rings (SSSR count). The summed E-state index contributed by atoms with van der Waals surface area (Å²) in [7, 11) is 0. The molecule has 1 fully saturated rings. The molecule has 4 heteroatoms. The van der Waals surface area contributed by atoms with Crippen molar-refractivity contribution in [2.75, 3.05) is 13.2 Å². The van der Waals surface area contributed by atoms with Crippen molar-refractivity contribution in [3.8, 4) is 5.75 Å². The quantitative estimate of drug-likeness (QED) is 0.854. The summed E-state index contributed by atoms with van der Waals surface area (Å²) < 4.78 is 24.2. The van der Waals surface area contributed by atoms with Crippen molar-refractivity contribution in [2.45, 2.75) is 26.0 Å². The maximum Gasteiger partial charge on any atom is 0.145 e. The first-order chi connectivity index (χ1) is 7.58. The van der Waals surface area contributed by atoms with Gasteiger partial charge in [0.1, 0.15) is 17.7 Å². The van der Waals surface area contributed by atoms with Crippen molar-refractivity contribution < 1.29 is 13.9 Å². The van der Waals surface area contributed by atoms with Gasteiger partial charge in [-0.05, 0) is 31.5 Å². The van der Waals surface area contributed by atoms with Crippen molar-refractivity contribution in [1.29, 1.82) is 0 Å². The Bertz CT molecular complexity index is 389. The van der Waals surface area contributed by atoms with Gasteiger partial charge in [0.25, 0.3) is 0 Å². The molecule has 1 aromatic carbocycles. The summed E-state index contributed by atoms with van der Waals surface area (Å²) in [5, 5.41) is 0. The van der Waals surface area contributed by atoms with Gasteiger partial charge in [0.15, 0.2) is 0 Å². The number of hydrogen-bond acceptors (Lipinski definition) is 3. The summed E-state index contributed by atoms with van der Waals surface area (Å²) in [6.07, 6.45) is 0.0716. The Morgan fingerprint density at radius 1 is 1.50 bits per heavy atom. The summed E-state index contributed by atoms with van der Waals surface area (Å²) in [5.41, 5.74) is 7.06. The van der Waals surface area contributed by atoms with Crippen LogP contribution in [-0.4, -0.2) is 19.3 Å². The van der Waals surface area contributed by atoms with Crippen LogP contribution in [0.5, 0.6) is 5.75 Å². The molecule has 0 spiro atoms. The van der Waals surface area contributed by atoms with Crippen LogP contribution in [-0.2, 0) is 4.74 Å². The molecule has 1 aliphatic heterocycles. The van der Waals surface area contributed by atoms with Crippen molar-refractivity contribution >= 4 is 0 Å². The highest BCUT2D eigenvalue weighted by atomic mass is 19.1. The molecule has 0 amide bonds. The molecule has 1 aromatic rings. The average Bonchev–Trinajstić information content (AvgIpc) is 2.16. The van der Waals surface area contributed by atoms with Gasteiger partial charge in [0.05, 0.1) is 13.2 Å². The first kappa shape index (κ1) is 11.4. The monoisotopic (exact) mass is 225 g/mol. The van der Waals surface area contributed by atoms with Crippen LogP contribution in [0.4, 0.5) is 4.39 Å². The molecular formula is C12H16FNO2. The maximum absolute atomic E-state index is 13.4. The lowest BCUT2D eigenvalue weighted by molar-refractivity contribution is -0.0801. The summed E-state index contributed by atoms with van der Waals surface area (Å²) in [6, 6.07) is 2.91. The molecule has 1 aliphatic rings. The number of benzene rings is 1. The normalized spacial score (nSPS) is 18.0. The first-order valence-corrected chi connectivity index (χ1v) is 5.38. The Morgan fingerprint density at radius 3 is 2.69 bits per heavy atom. The number of rotatable bonds is 3. The zero-order valence-electron chi connectivity index (χ0n) is 9.50. The highest BCUT2D eigenvalue weighted by molar-refractivity contribution is 5.40. The Morgan fingerprint density at radius 2 is 2.19 bits per heavy atom. The minimum atomic E-state index is -0.246. The molecule has 1 unspecified atom stereocenters. The number of hydrogen-bond donors (Lipinski definition) is 1. The third-order valence-electron chi connectivity index (χ3n) is 2.68. The molecule has 3 nitrogen and oxygen atoms in total. The van der Waals surface area contributed by atoms with Crippen LogP contribution < -0.4 is 10.5 Å². The van der Waals surface area contributed by atoms with Crippen LogP contribution in [0.15, 0.2) is 12.1 Å². The molecule has 0 saturated carbocycles. The van der Waals surface area contributed by atoms with Crippen molar-refractivity contribution in [3.05, 3.63) is 29.1 Å². The summed E-state index contributed by atoms with van der Waals surface area (Å²) >= 11 is 0. The number of ether oxygens (including phenoxy) is 2. The van der Waals surface area contributed by atoms with E-state index in [-0.39, 0.29) is 18.0 Å². The van der Waals surface area contributed by atoms with Crippen LogP contribution in [0.1, 0.15) is 24.1 Å². The van der Waals surface area contributed by atoms with Crippen molar-refractivity contribution in [3.63, 3.8) is 0 Å². The lowest BCUT2D eigenvalue weighted by Crippen LogP contribution is -2.39. The third kappa shape index (κ3) is 2.18. The third-order valence-corrected chi connectivity index (χ3v) is 2.68. The second-order valence-corrected chi connectivity index (χ2v) is 4.21. The standard InChI is InChI=1S/C12H16FNO2/c1-7-3-12(16-9-5-15-6-9)10(8(2)14)4-11(7)13/h3-4,8-9H,5-6,14H2,1-2H3. The van der Waals surface area contributed by atoms with Gasteiger partial charge in [0.2, 0.25) is 0 Å². The minimum absolute atomic E-state index is 0.0716. The molecule has 2 N–H and O–H groups in total. The summed E-state index contributed by atoms with van der Waals surface area (Å²) in [6.45, 7) is 4.71. The van der Waals surface area contributed by atoms with Crippen LogP contribution in [0.25, 0.3) is 0 Å². The molecule has 1 saturated heterocycles.